The van der Waals surface area contributed by atoms with Gasteiger partial charge in [-0.2, -0.15) is 0 Å². The lowest BCUT2D eigenvalue weighted by molar-refractivity contribution is -0.116. The molecule has 5 nitrogen and oxygen atoms in total. The second-order valence-corrected chi connectivity index (χ2v) is 4.93. The summed E-state index contributed by atoms with van der Waals surface area (Å²) in [5, 5.41) is 5.79. The third-order valence-corrected chi connectivity index (χ3v) is 3.29. The molecule has 0 heterocycles. The van der Waals surface area contributed by atoms with Crippen molar-refractivity contribution in [1.29, 1.82) is 0 Å². The zero-order valence-electron chi connectivity index (χ0n) is 13.2. The summed E-state index contributed by atoms with van der Waals surface area (Å²) in [6.45, 7) is 1.71. The largest absolute Gasteiger partial charge is 0.497 e. The summed E-state index contributed by atoms with van der Waals surface area (Å²) in [6, 6.07) is 10.4. The lowest BCUT2D eigenvalue weighted by Crippen LogP contribution is -2.32. The molecule has 0 aliphatic heterocycles. The highest BCUT2D eigenvalue weighted by Crippen LogP contribution is 2.29. The molecule has 0 spiro atoms. The summed E-state index contributed by atoms with van der Waals surface area (Å²) >= 11 is 0. The summed E-state index contributed by atoms with van der Waals surface area (Å²) in [5.74, 6) is 0.572. The van der Waals surface area contributed by atoms with Crippen molar-refractivity contribution in [1.82, 2.24) is 0 Å². The highest BCUT2D eigenvalue weighted by Gasteiger charge is 2.15. The summed E-state index contributed by atoms with van der Waals surface area (Å²) in [7, 11) is 3.07. The Bertz CT molecular complexity index is 674. The lowest BCUT2D eigenvalue weighted by atomic mass is 10.2. The van der Waals surface area contributed by atoms with Crippen molar-refractivity contribution in [2.75, 3.05) is 24.9 Å². The zero-order valence-corrected chi connectivity index (χ0v) is 13.2. The van der Waals surface area contributed by atoms with Gasteiger partial charge in [-0.1, -0.05) is 0 Å². The third-order valence-electron chi connectivity index (χ3n) is 3.29. The molecular weight excluding hydrogens is 299 g/mol. The van der Waals surface area contributed by atoms with E-state index in [1.54, 1.807) is 44.4 Å². The maximum atomic E-state index is 12.9. The Morgan fingerprint density at radius 1 is 1.09 bits per heavy atom. The van der Waals surface area contributed by atoms with E-state index in [0.29, 0.717) is 22.9 Å². The van der Waals surface area contributed by atoms with Gasteiger partial charge in [0.05, 0.1) is 19.9 Å². The average molecular weight is 318 g/mol. The Hall–Kier alpha value is -2.76. The fourth-order valence-corrected chi connectivity index (χ4v) is 2.01. The van der Waals surface area contributed by atoms with Crippen LogP contribution >= 0.6 is 0 Å². The minimum atomic E-state index is -0.517. The van der Waals surface area contributed by atoms with Crippen LogP contribution in [0.5, 0.6) is 11.5 Å². The molecule has 0 aliphatic rings. The maximum Gasteiger partial charge on any atom is 0.246 e. The van der Waals surface area contributed by atoms with Crippen molar-refractivity contribution in [3.8, 4) is 11.5 Å². The first-order valence-electron chi connectivity index (χ1n) is 7.08. The molecule has 0 saturated carbocycles. The number of nitrogens with one attached hydrogen (secondary N) is 2. The molecule has 0 fully saturated rings. The Morgan fingerprint density at radius 3 is 2.39 bits per heavy atom. The highest BCUT2D eigenvalue weighted by molar-refractivity contribution is 5.97. The Balaban J connectivity index is 2.07. The number of ether oxygens (including phenoxy) is 2. The first-order valence-corrected chi connectivity index (χ1v) is 7.08. The molecule has 6 heteroatoms. The molecule has 0 aromatic heterocycles. The molecule has 0 aliphatic carbocycles. The van der Waals surface area contributed by atoms with Gasteiger partial charge in [0.2, 0.25) is 5.91 Å². The van der Waals surface area contributed by atoms with Crippen molar-refractivity contribution in [3.63, 3.8) is 0 Å². The van der Waals surface area contributed by atoms with Crippen LogP contribution in [0.1, 0.15) is 6.92 Å². The van der Waals surface area contributed by atoms with Crippen LogP contribution in [0.2, 0.25) is 0 Å². The number of anilines is 2. The second kappa shape index (κ2) is 7.49. The molecule has 0 bridgehead atoms. The molecule has 2 aromatic rings. The molecule has 1 atom stereocenters. The van der Waals surface area contributed by atoms with Gasteiger partial charge in [0.25, 0.3) is 0 Å². The maximum absolute atomic E-state index is 12.9. The van der Waals surface area contributed by atoms with E-state index in [-0.39, 0.29) is 11.7 Å². The van der Waals surface area contributed by atoms with E-state index >= 15 is 0 Å². The van der Waals surface area contributed by atoms with Gasteiger partial charge in [0.1, 0.15) is 23.4 Å². The van der Waals surface area contributed by atoms with E-state index in [1.807, 2.05) is 0 Å². The van der Waals surface area contributed by atoms with Gasteiger partial charge >= 0.3 is 0 Å². The molecule has 2 aromatic carbocycles. The number of carbonyl (C=O) groups is 1. The van der Waals surface area contributed by atoms with Gasteiger partial charge in [-0.25, -0.2) is 4.39 Å². The SMILES string of the molecule is COc1ccc(OC)c(NC(=O)[C@H](C)Nc2ccc(F)cc2)c1. The zero-order chi connectivity index (χ0) is 16.8. The van der Waals surface area contributed by atoms with Gasteiger partial charge in [0, 0.05) is 11.8 Å². The lowest BCUT2D eigenvalue weighted by Gasteiger charge is -2.17. The molecule has 2 rings (SSSR count). The smallest absolute Gasteiger partial charge is 0.246 e. The van der Waals surface area contributed by atoms with Crippen molar-refractivity contribution < 1.29 is 18.7 Å². The Morgan fingerprint density at radius 2 is 1.78 bits per heavy atom. The van der Waals surface area contributed by atoms with Crippen molar-refractivity contribution in [2.24, 2.45) is 0 Å². The van der Waals surface area contributed by atoms with Crippen LogP contribution in [0.3, 0.4) is 0 Å². The van der Waals surface area contributed by atoms with Crippen LogP contribution < -0.4 is 20.1 Å². The molecule has 0 saturated heterocycles. The van der Waals surface area contributed by atoms with Crippen molar-refractivity contribution in [3.05, 3.63) is 48.3 Å². The van der Waals surface area contributed by atoms with Gasteiger partial charge in [-0.3, -0.25) is 4.79 Å². The third kappa shape index (κ3) is 4.35. The predicted molar refractivity (Wildman–Crippen MR) is 87.7 cm³/mol. The normalized spacial score (nSPS) is 11.5. The quantitative estimate of drug-likeness (QED) is 0.858. The standard InChI is InChI=1S/C17H19FN2O3/c1-11(19-13-6-4-12(18)5-7-13)17(21)20-15-10-14(22-2)8-9-16(15)23-3/h4-11,19H,1-3H3,(H,20,21)/t11-/m0/s1. The van der Waals surface area contributed by atoms with E-state index in [2.05, 4.69) is 10.6 Å². The molecule has 122 valence electrons. The average Bonchev–Trinajstić information content (AvgIpc) is 2.56. The minimum absolute atomic E-state index is 0.249. The Labute approximate surface area is 134 Å². The molecule has 0 unspecified atom stereocenters. The molecule has 1 amide bonds. The van der Waals surface area contributed by atoms with Crippen LogP contribution in [0, 0.1) is 5.82 Å². The van der Waals surface area contributed by atoms with E-state index < -0.39 is 6.04 Å². The van der Waals surface area contributed by atoms with E-state index in [4.69, 9.17) is 9.47 Å². The summed E-state index contributed by atoms with van der Waals surface area (Å²) in [5.41, 5.74) is 1.18. The topological polar surface area (TPSA) is 59.6 Å². The number of hydrogen-bond donors (Lipinski definition) is 2. The predicted octanol–water partition coefficient (Wildman–Crippen LogP) is 3.28. The second-order valence-electron chi connectivity index (χ2n) is 4.93. The van der Waals surface area contributed by atoms with E-state index in [9.17, 15) is 9.18 Å². The van der Waals surface area contributed by atoms with Crippen molar-refractivity contribution in [2.45, 2.75) is 13.0 Å². The number of carbonyl (C=O) groups excluding carboxylic acids is 1. The number of methoxy groups -OCH3 is 2. The first kappa shape index (κ1) is 16.6. The Kier molecular flexibility index (Phi) is 5.41. The number of rotatable bonds is 6. The fourth-order valence-electron chi connectivity index (χ4n) is 2.01. The van der Waals surface area contributed by atoms with E-state index in [1.165, 1.54) is 19.2 Å². The molecule has 0 radical (unpaired) electrons. The van der Waals surface area contributed by atoms with Gasteiger partial charge < -0.3 is 20.1 Å². The van der Waals surface area contributed by atoms with Gasteiger partial charge in [-0.15, -0.1) is 0 Å². The van der Waals surface area contributed by atoms with Gasteiger partial charge in [0.15, 0.2) is 0 Å². The fraction of sp³-hybridized carbons (Fsp3) is 0.235. The van der Waals surface area contributed by atoms with Crippen molar-refractivity contribution >= 4 is 17.3 Å². The van der Waals surface area contributed by atoms with Crippen LogP contribution in [0.25, 0.3) is 0 Å². The number of halogens is 1. The number of amides is 1. The highest BCUT2D eigenvalue weighted by atomic mass is 19.1. The van der Waals surface area contributed by atoms with E-state index in [0.717, 1.165) is 0 Å². The molecular formula is C17H19FN2O3. The first-order chi connectivity index (χ1) is 11.0. The van der Waals surface area contributed by atoms with Crippen LogP contribution in [0.4, 0.5) is 15.8 Å². The molecule has 23 heavy (non-hydrogen) atoms. The number of hydrogen-bond acceptors (Lipinski definition) is 4. The van der Waals surface area contributed by atoms with Crippen LogP contribution in [-0.2, 0) is 4.79 Å². The van der Waals surface area contributed by atoms with Crippen LogP contribution in [-0.4, -0.2) is 26.2 Å². The van der Waals surface area contributed by atoms with Gasteiger partial charge in [-0.05, 0) is 43.3 Å². The molecule has 2 N–H and O–H groups in total. The number of benzene rings is 2. The summed E-state index contributed by atoms with van der Waals surface area (Å²) in [4.78, 5) is 12.3. The monoisotopic (exact) mass is 318 g/mol. The summed E-state index contributed by atoms with van der Waals surface area (Å²) < 4.78 is 23.3. The summed E-state index contributed by atoms with van der Waals surface area (Å²) in [6.07, 6.45) is 0. The minimum Gasteiger partial charge on any atom is -0.497 e. The van der Waals surface area contributed by atoms with Crippen LogP contribution in [0.15, 0.2) is 42.5 Å².